The average molecular weight is 311 g/mol. The van der Waals surface area contributed by atoms with Gasteiger partial charge in [0, 0.05) is 25.5 Å². The molecule has 1 aliphatic heterocycles. The monoisotopic (exact) mass is 311 g/mol. The summed E-state index contributed by atoms with van der Waals surface area (Å²) >= 11 is 1.39. The predicted molar refractivity (Wildman–Crippen MR) is 88.4 cm³/mol. The molecule has 0 bridgehead atoms. The lowest BCUT2D eigenvalue weighted by atomic mass is 10.00. The Morgan fingerprint density at radius 2 is 1.91 bits per heavy atom. The van der Waals surface area contributed by atoms with Crippen LogP contribution in [0.15, 0.2) is 60.0 Å². The van der Waals surface area contributed by atoms with Crippen LogP contribution in [0.25, 0.3) is 5.57 Å². The summed E-state index contributed by atoms with van der Waals surface area (Å²) in [6.45, 7) is 1.45. The van der Waals surface area contributed by atoms with Gasteiger partial charge < -0.3 is 4.90 Å². The first-order valence-corrected chi connectivity index (χ1v) is 8.23. The third-order valence-electron chi connectivity index (χ3n) is 3.57. The van der Waals surface area contributed by atoms with Crippen LogP contribution in [-0.2, 0) is 4.79 Å². The predicted octanol–water partition coefficient (Wildman–Crippen LogP) is 2.88. The molecule has 0 aliphatic carbocycles. The molecular formula is C17H17N3OS. The molecule has 2 aromatic rings. The summed E-state index contributed by atoms with van der Waals surface area (Å²) in [5.41, 5.74) is 2.57. The van der Waals surface area contributed by atoms with Crippen LogP contribution in [0.5, 0.6) is 0 Å². The fourth-order valence-electron chi connectivity index (χ4n) is 2.39. The Bertz CT molecular complexity index is 658. The van der Waals surface area contributed by atoms with E-state index >= 15 is 0 Å². The zero-order chi connectivity index (χ0) is 15.2. The van der Waals surface area contributed by atoms with Gasteiger partial charge in [0.25, 0.3) is 0 Å². The Morgan fingerprint density at radius 1 is 1.14 bits per heavy atom. The molecule has 5 heteroatoms. The van der Waals surface area contributed by atoms with Gasteiger partial charge in [-0.05, 0) is 23.6 Å². The normalized spacial score (nSPS) is 14.5. The maximum atomic E-state index is 12.2. The summed E-state index contributed by atoms with van der Waals surface area (Å²) < 4.78 is 0. The fraction of sp³-hybridized carbons (Fsp3) is 0.235. The Kier molecular flexibility index (Phi) is 4.85. The standard InChI is InChI=1S/C17H17N3OS/c21-16(13-22-17-18-9-4-10-19-17)20-11-7-15(8-12-20)14-5-2-1-3-6-14/h1-7,9-10H,8,11-13H2. The molecule has 0 spiro atoms. The maximum Gasteiger partial charge on any atom is 0.233 e. The number of aromatic nitrogens is 2. The van der Waals surface area contributed by atoms with E-state index in [1.54, 1.807) is 18.5 Å². The molecule has 1 aromatic heterocycles. The highest BCUT2D eigenvalue weighted by atomic mass is 32.2. The molecule has 0 N–H and O–H groups in total. The number of amides is 1. The number of hydrogen-bond donors (Lipinski definition) is 0. The van der Waals surface area contributed by atoms with Crippen molar-refractivity contribution in [3.63, 3.8) is 0 Å². The number of carbonyl (C=O) groups is 1. The van der Waals surface area contributed by atoms with Crippen LogP contribution in [0.3, 0.4) is 0 Å². The molecular weight excluding hydrogens is 294 g/mol. The summed E-state index contributed by atoms with van der Waals surface area (Å²) in [6, 6.07) is 12.1. The van der Waals surface area contributed by atoms with E-state index in [9.17, 15) is 4.79 Å². The Hall–Kier alpha value is -2.14. The highest BCUT2D eigenvalue weighted by molar-refractivity contribution is 7.99. The molecule has 0 saturated carbocycles. The van der Waals surface area contributed by atoms with Crippen molar-refractivity contribution >= 4 is 23.2 Å². The Labute approximate surface area is 134 Å². The van der Waals surface area contributed by atoms with Gasteiger partial charge in [-0.15, -0.1) is 0 Å². The highest BCUT2D eigenvalue weighted by Crippen LogP contribution is 2.22. The third-order valence-corrected chi connectivity index (χ3v) is 4.43. The zero-order valence-corrected chi connectivity index (χ0v) is 13.0. The van der Waals surface area contributed by atoms with Gasteiger partial charge in [0.15, 0.2) is 5.16 Å². The second-order valence-corrected chi connectivity index (χ2v) is 5.95. The number of carbonyl (C=O) groups excluding carboxylic acids is 1. The molecule has 0 radical (unpaired) electrons. The van der Waals surface area contributed by atoms with Gasteiger partial charge in [0.1, 0.15) is 0 Å². The minimum absolute atomic E-state index is 0.140. The van der Waals surface area contributed by atoms with E-state index in [1.165, 1.54) is 22.9 Å². The minimum atomic E-state index is 0.140. The second kappa shape index (κ2) is 7.22. The lowest BCUT2D eigenvalue weighted by molar-refractivity contribution is -0.127. The molecule has 4 nitrogen and oxygen atoms in total. The summed E-state index contributed by atoms with van der Waals surface area (Å²) in [7, 11) is 0. The molecule has 1 aromatic carbocycles. The quantitative estimate of drug-likeness (QED) is 0.643. The van der Waals surface area contributed by atoms with Crippen molar-refractivity contribution in [2.45, 2.75) is 11.6 Å². The van der Waals surface area contributed by atoms with E-state index < -0.39 is 0 Å². The van der Waals surface area contributed by atoms with Crippen molar-refractivity contribution in [1.82, 2.24) is 14.9 Å². The molecule has 1 aliphatic rings. The van der Waals surface area contributed by atoms with Crippen LogP contribution < -0.4 is 0 Å². The number of hydrogen-bond acceptors (Lipinski definition) is 4. The summed E-state index contributed by atoms with van der Waals surface area (Å²) in [5.74, 6) is 0.527. The molecule has 0 saturated heterocycles. The van der Waals surface area contributed by atoms with Crippen molar-refractivity contribution in [3.05, 3.63) is 60.4 Å². The minimum Gasteiger partial charge on any atom is -0.338 e. The summed E-state index contributed by atoms with van der Waals surface area (Å²) in [6.07, 6.45) is 6.44. The number of rotatable bonds is 4. The van der Waals surface area contributed by atoms with Crippen LogP contribution in [0, 0.1) is 0 Å². The van der Waals surface area contributed by atoms with E-state index in [1.807, 2.05) is 23.1 Å². The van der Waals surface area contributed by atoms with Crippen molar-refractivity contribution in [1.29, 1.82) is 0 Å². The van der Waals surface area contributed by atoms with Gasteiger partial charge in [-0.3, -0.25) is 4.79 Å². The lowest BCUT2D eigenvalue weighted by Crippen LogP contribution is -2.35. The van der Waals surface area contributed by atoms with Crippen LogP contribution in [0.1, 0.15) is 12.0 Å². The SMILES string of the molecule is O=C(CSc1ncccn1)N1CC=C(c2ccccc2)CC1. The third kappa shape index (κ3) is 3.74. The van der Waals surface area contributed by atoms with Crippen molar-refractivity contribution in [2.75, 3.05) is 18.8 Å². The highest BCUT2D eigenvalue weighted by Gasteiger charge is 2.18. The van der Waals surface area contributed by atoms with Gasteiger partial charge >= 0.3 is 0 Å². The molecule has 112 valence electrons. The van der Waals surface area contributed by atoms with E-state index in [-0.39, 0.29) is 5.91 Å². The van der Waals surface area contributed by atoms with Crippen molar-refractivity contribution in [2.24, 2.45) is 0 Å². The van der Waals surface area contributed by atoms with Gasteiger partial charge in [-0.2, -0.15) is 0 Å². The number of thioether (sulfide) groups is 1. The van der Waals surface area contributed by atoms with Crippen LogP contribution in [-0.4, -0.2) is 39.6 Å². The van der Waals surface area contributed by atoms with Gasteiger partial charge in [0.05, 0.1) is 5.75 Å². The Morgan fingerprint density at radius 3 is 2.59 bits per heavy atom. The first-order chi connectivity index (χ1) is 10.8. The molecule has 0 unspecified atom stereocenters. The van der Waals surface area contributed by atoms with Gasteiger partial charge in [-0.1, -0.05) is 48.2 Å². The van der Waals surface area contributed by atoms with E-state index in [0.29, 0.717) is 17.5 Å². The van der Waals surface area contributed by atoms with E-state index in [2.05, 4.69) is 28.2 Å². The molecule has 0 atom stereocenters. The van der Waals surface area contributed by atoms with Crippen LogP contribution in [0.2, 0.25) is 0 Å². The van der Waals surface area contributed by atoms with E-state index in [0.717, 1.165) is 13.0 Å². The smallest absolute Gasteiger partial charge is 0.233 e. The topological polar surface area (TPSA) is 46.1 Å². The molecule has 1 amide bonds. The second-order valence-electron chi connectivity index (χ2n) is 5.01. The average Bonchev–Trinajstić information content (AvgIpc) is 2.61. The number of nitrogens with zero attached hydrogens (tertiary/aromatic N) is 3. The molecule has 2 heterocycles. The first kappa shape index (κ1) is 14.8. The molecule has 0 fully saturated rings. The molecule has 22 heavy (non-hydrogen) atoms. The van der Waals surface area contributed by atoms with Crippen molar-refractivity contribution < 1.29 is 4.79 Å². The van der Waals surface area contributed by atoms with Crippen LogP contribution in [0.4, 0.5) is 0 Å². The summed E-state index contributed by atoms with van der Waals surface area (Å²) in [4.78, 5) is 22.4. The first-order valence-electron chi connectivity index (χ1n) is 7.25. The summed E-state index contributed by atoms with van der Waals surface area (Å²) in [5, 5.41) is 0.647. The van der Waals surface area contributed by atoms with Gasteiger partial charge in [-0.25, -0.2) is 9.97 Å². The molecule has 3 rings (SSSR count). The zero-order valence-electron chi connectivity index (χ0n) is 12.2. The van der Waals surface area contributed by atoms with Crippen LogP contribution >= 0.6 is 11.8 Å². The lowest BCUT2D eigenvalue weighted by Gasteiger charge is -2.26. The fourth-order valence-corrected chi connectivity index (χ4v) is 3.09. The van der Waals surface area contributed by atoms with E-state index in [4.69, 9.17) is 0 Å². The van der Waals surface area contributed by atoms with Gasteiger partial charge in [0.2, 0.25) is 5.91 Å². The van der Waals surface area contributed by atoms with Crippen molar-refractivity contribution in [3.8, 4) is 0 Å². The largest absolute Gasteiger partial charge is 0.338 e. The Balaban J connectivity index is 1.54. The number of benzene rings is 1. The maximum absolute atomic E-state index is 12.2.